The van der Waals surface area contributed by atoms with Crippen LogP contribution in [0.4, 0.5) is 11.4 Å². The van der Waals surface area contributed by atoms with E-state index in [0.29, 0.717) is 25.2 Å². The Morgan fingerprint density at radius 2 is 2.23 bits per heavy atom. The Kier molecular flexibility index (Phi) is 4.59. The molecule has 2 amide bonds. The highest BCUT2D eigenvalue weighted by Crippen LogP contribution is 2.24. The Morgan fingerprint density at radius 3 is 2.77 bits per heavy atom. The summed E-state index contributed by atoms with van der Waals surface area (Å²) in [5, 5.41) is 10.8. The number of nitro groups is 1. The van der Waals surface area contributed by atoms with Crippen LogP contribution in [0.15, 0.2) is 18.2 Å². The van der Waals surface area contributed by atoms with Gasteiger partial charge in [0.2, 0.25) is 5.91 Å². The maximum atomic E-state index is 11.6. The third-order valence-corrected chi connectivity index (χ3v) is 3.74. The first kappa shape index (κ1) is 15.7. The number of nitrogens with zero attached hydrogens (tertiary/aromatic N) is 3. The summed E-state index contributed by atoms with van der Waals surface area (Å²) in [5.41, 5.74) is 5.75. The van der Waals surface area contributed by atoms with Crippen LogP contribution in [0.1, 0.15) is 23.2 Å². The van der Waals surface area contributed by atoms with E-state index < -0.39 is 10.8 Å². The number of carbonyl (C=O) groups excluding carboxylic acids is 2. The SMILES string of the molecule is CN(CCN1CCCC1=O)c1ccc([N+](=O)[O-])cc1C(N)=O. The van der Waals surface area contributed by atoms with Crippen LogP contribution in [0.5, 0.6) is 0 Å². The van der Waals surface area contributed by atoms with E-state index in [1.807, 2.05) is 0 Å². The summed E-state index contributed by atoms with van der Waals surface area (Å²) < 4.78 is 0. The number of primary amides is 1. The topological polar surface area (TPSA) is 110 Å². The minimum absolute atomic E-state index is 0.101. The zero-order valence-corrected chi connectivity index (χ0v) is 12.3. The van der Waals surface area contributed by atoms with Gasteiger partial charge in [0.15, 0.2) is 0 Å². The van der Waals surface area contributed by atoms with Gasteiger partial charge < -0.3 is 15.5 Å². The fourth-order valence-corrected chi connectivity index (χ4v) is 2.50. The van der Waals surface area contributed by atoms with Gasteiger partial charge in [-0.25, -0.2) is 0 Å². The standard InChI is InChI=1S/C14H18N4O4/c1-16(7-8-17-6-2-3-13(17)19)12-5-4-10(18(21)22)9-11(12)14(15)20/h4-5,9H,2-3,6-8H2,1H3,(H2,15,20). The molecule has 0 radical (unpaired) electrons. The van der Waals surface area contributed by atoms with Gasteiger partial charge in [0.1, 0.15) is 0 Å². The molecule has 8 nitrogen and oxygen atoms in total. The molecule has 1 fully saturated rings. The lowest BCUT2D eigenvalue weighted by Gasteiger charge is -2.24. The smallest absolute Gasteiger partial charge is 0.270 e. The van der Waals surface area contributed by atoms with Gasteiger partial charge in [0.05, 0.1) is 10.5 Å². The van der Waals surface area contributed by atoms with Gasteiger partial charge in [-0.2, -0.15) is 0 Å². The Balaban J connectivity index is 2.14. The summed E-state index contributed by atoms with van der Waals surface area (Å²) in [5.74, 6) is -0.588. The molecule has 0 unspecified atom stereocenters. The van der Waals surface area contributed by atoms with Gasteiger partial charge >= 0.3 is 0 Å². The van der Waals surface area contributed by atoms with Gasteiger partial charge in [0.25, 0.3) is 11.6 Å². The predicted octanol–water partition coefficient (Wildman–Crippen LogP) is 0.752. The van der Waals surface area contributed by atoms with Crippen LogP contribution in [-0.2, 0) is 4.79 Å². The van der Waals surface area contributed by atoms with E-state index in [1.165, 1.54) is 18.2 Å². The molecule has 22 heavy (non-hydrogen) atoms. The number of nitrogens with two attached hydrogens (primary N) is 1. The first-order valence-corrected chi connectivity index (χ1v) is 6.97. The van der Waals surface area contributed by atoms with Crippen LogP contribution >= 0.6 is 0 Å². The van der Waals surface area contributed by atoms with Crippen LogP contribution in [0.2, 0.25) is 0 Å². The summed E-state index contributed by atoms with van der Waals surface area (Å²) in [4.78, 5) is 36.9. The summed E-state index contributed by atoms with van der Waals surface area (Å²) in [6.07, 6.45) is 1.44. The van der Waals surface area contributed by atoms with Crippen LogP contribution < -0.4 is 10.6 Å². The van der Waals surface area contributed by atoms with Crippen molar-refractivity contribution in [1.29, 1.82) is 0 Å². The molecule has 2 rings (SSSR count). The largest absolute Gasteiger partial charge is 0.372 e. The van der Waals surface area contributed by atoms with Crippen molar-refractivity contribution in [2.24, 2.45) is 5.73 Å². The van der Waals surface area contributed by atoms with E-state index in [2.05, 4.69) is 0 Å². The lowest BCUT2D eigenvalue weighted by atomic mass is 10.1. The zero-order chi connectivity index (χ0) is 16.3. The first-order valence-electron chi connectivity index (χ1n) is 6.97. The number of carbonyl (C=O) groups is 2. The second-order valence-corrected chi connectivity index (χ2v) is 5.23. The molecule has 1 aromatic carbocycles. The Bertz CT molecular complexity index is 617. The van der Waals surface area contributed by atoms with E-state index in [0.717, 1.165) is 13.0 Å². The van der Waals surface area contributed by atoms with Crippen molar-refractivity contribution >= 4 is 23.2 Å². The van der Waals surface area contributed by atoms with Crippen LogP contribution in [0, 0.1) is 10.1 Å². The number of anilines is 1. The molecule has 0 bridgehead atoms. The van der Waals surface area contributed by atoms with Gasteiger partial charge in [-0.05, 0) is 12.5 Å². The molecule has 1 saturated heterocycles. The van der Waals surface area contributed by atoms with Crippen molar-refractivity contribution in [3.05, 3.63) is 33.9 Å². The monoisotopic (exact) mass is 306 g/mol. The molecule has 0 saturated carbocycles. The minimum Gasteiger partial charge on any atom is -0.372 e. The highest BCUT2D eigenvalue weighted by atomic mass is 16.6. The number of amides is 2. The molecule has 0 aliphatic carbocycles. The minimum atomic E-state index is -0.720. The molecule has 1 aliphatic rings. The lowest BCUT2D eigenvalue weighted by Crippen LogP contribution is -2.34. The summed E-state index contributed by atoms with van der Waals surface area (Å²) >= 11 is 0. The average molecular weight is 306 g/mol. The average Bonchev–Trinajstić information content (AvgIpc) is 2.89. The second-order valence-electron chi connectivity index (χ2n) is 5.23. The Hall–Kier alpha value is -2.64. The molecule has 8 heteroatoms. The molecule has 0 aromatic heterocycles. The number of rotatable bonds is 6. The van der Waals surface area contributed by atoms with Crippen molar-refractivity contribution in [3.63, 3.8) is 0 Å². The van der Waals surface area contributed by atoms with Gasteiger partial charge in [0, 0.05) is 50.9 Å². The molecule has 1 aliphatic heterocycles. The van der Waals surface area contributed by atoms with Crippen LogP contribution in [0.25, 0.3) is 0 Å². The fraction of sp³-hybridized carbons (Fsp3) is 0.429. The van der Waals surface area contributed by atoms with E-state index in [-0.39, 0.29) is 17.2 Å². The quantitative estimate of drug-likeness (QED) is 0.616. The maximum absolute atomic E-state index is 11.6. The Labute approximate surface area is 127 Å². The number of benzene rings is 1. The number of likely N-dealkylation sites (tertiary alicyclic amines) is 1. The number of nitro benzene ring substituents is 1. The van der Waals surface area contributed by atoms with Gasteiger partial charge in [-0.15, -0.1) is 0 Å². The first-order chi connectivity index (χ1) is 10.4. The molecule has 0 spiro atoms. The van der Waals surface area contributed by atoms with E-state index in [1.54, 1.807) is 16.8 Å². The fourth-order valence-electron chi connectivity index (χ4n) is 2.50. The second kappa shape index (κ2) is 6.42. The molecule has 118 valence electrons. The zero-order valence-electron chi connectivity index (χ0n) is 12.3. The Morgan fingerprint density at radius 1 is 1.50 bits per heavy atom. The molecule has 1 aromatic rings. The van der Waals surface area contributed by atoms with Crippen molar-refractivity contribution in [2.45, 2.75) is 12.8 Å². The highest BCUT2D eigenvalue weighted by Gasteiger charge is 2.21. The highest BCUT2D eigenvalue weighted by molar-refractivity contribution is 5.99. The van der Waals surface area contributed by atoms with Gasteiger partial charge in [-0.3, -0.25) is 19.7 Å². The van der Waals surface area contributed by atoms with Gasteiger partial charge in [-0.1, -0.05) is 0 Å². The van der Waals surface area contributed by atoms with E-state index >= 15 is 0 Å². The summed E-state index contributed by atoms with van der Waals surface area (Å²) in [6.45, 7) is 1.81. The third-order valence-electron chi connectivity index (χ3n) is 3.74. The van der Waals surface area contributed by atoms with E-state index in [9.17, 15) is 19.7 Å². The normalized spacial score (nSPS) is 14.2. The molecular weight excluding hydrogens is 288 g/mol. The number of hydrogen-bond donors (Lipinski definition) is 1. The summed E-state index contributed by atoms with van der Waals surface area (Å²) in [6, 6.07) is 4.01. The van der Waals surface area contributed by atoms with Crippen LogP contribution in [-0.4, -0.2) is 48.3 Å². The van der Waals surface area contributed by atoms with Crippen molar-refractivity contribution in [3.8, 4) is 0 Å². The van der Waals surface area contributed by atoms with Crippen LogP contribution in [0.3, 0.4) is 0 Å². The predicted molar refractivity (Wildman–Crippen MR) is 80.7 cm³/mol. The number of likely N-dealkylation sites (N-methyl/N-ethyl adjacent to an activating group) is 1. The molecule has 2 N–H and O–H groups in total. The van der Waals surface area contributed by atoms with Crippen molar-refractivity contribution < 1.29 is 14.5 Å². The van der Waals surface area contributed by atoms with Crippen molar-refractivity contribution in [2.75, 3.05) is 31.6 Å². The molecule has 1 heterocycles. The maximum Gasteiger partial charge on any atom is 0.270 e. The third kappa shape index (κ3) is 3.33. The number of hydrogen-bond acceptors (Lipinski definition) is 5. The number of non-ortho nitro benzene ring substituents is 1. The lowest BCUT2D eigenvalue weighted by molar-refractivity contribution is -0.384. The van der Waals surface area contributed by atoms with E-state index in [4.69, 9.17) is 5.73 Å². The summed E-state index contributed by atoms with van der Waals surface area (Å²) in [7, 11) is 1.76. The molecule has 0 atom stereocenters. The van der Waals surface area contributed by atoms with Crippen molar-refractivity contribution in [1.82, 2.24) is 4.90 Å². The molecular formula is C14H18N4O4.